The molecule has 2 fully saturated rings. The van der Waals surface area contributed by atoms with E-state index in [1.54, 1.807) is 16.4 Å². The molecule has 1 unspecified atom stereocenters. The molecule has 3 rings (SSSR count). The van der Waals surface area contributed by atoms with Gasteiger partial charge in [0.05, 0.1) is 4.90 Å². The molecule has 2 saturated heterocycles. The van der Waals surface area contributed by atoms with Crippen LogP contribution in [0.15, 0.2) is 29.2 Å². The summed E-state index contributed by atoms with van der Waals surface area (Å²) in [6.07, 6.45) is 1.96. The minimum absolute atomic E-state index is 0. The molecule has 148 valence electrons. The van der Waals surface area contributed by atoms with Gasteiger partial charge in [0.15, 0.2) is 0 Å². The highest BCUT2D eigenvalue weighted by Crippen LogP contribution is 2.29. The predicted octanol–water partition coefficient (Wildman–Crippen LogP) is 2.46. The number of hydrogen-bond donors (Lipinski definition) is 1. The quantitative estimate of drug-likeness (QED) is 0.823. The lowest BCUT2D eigenvalue weighted by atomic mass is 9.82. The topological polar surface area (TPSA) is 52.7 Å². The average Bonchev–Trinajstić information content (AvgIpc) is 3.13. The zero-order valence-electron chi connectivity index (χ0n) is 16.1. The third-order valence-corrected chi connectivity index (χ3v) is 7.83. The van der Waals surface area contributed by atoms with Crippen LogP contribution in [-0.2, 0) is 15.4 Å². The summed E-state index contributed by atoms with van der Waals surface area (Å²) in [6, 6.07) is 7.86. The molecule has 0 radical (unpaired) electrons. The summed E-state index contributed by atoms with van der Waals surface area (Å²) < 4.78 is 27.6. The molecule has 0 bridgehead atoms. The zero-order chi connectivity index (χ0) is 18.1. The van der Waals surface area contributed by atoms with E-state index in [-0.39, 0.29) is 17.8 Å². The van der Waals surface area contributed by atoms with Crippen LogP contribution in [0, 0.1) is 0 Å². The van der Waals surface area contributed by atoms with Gasteiger partial charge in [-0.05, 0) is 36.0 Å². The highest BCUT2D eigenvalue weighted by atomic mass is 35.5. The van der Waals surface area contributed by atoms with E-state index in [1.165, 1.54) is 5.56 Å². The Morgan fingerprint density at radius 2 is 1.73 bits per heavy atom. The molecule has 0 amide bonds. The average molecular weight is 402 g/mol. The molecule has 1 aromatic rings. The first-order chi connectivity index (χ1) is 11.8. The Kier molecular flexibility index (Phi) is 7.13. The van der Waals surface area contributed by atoms with Crippen LogP contribution in [-0.4, -0.2) is 62.9 Å². The second kappa shape index (κ2) is 8.57. The lowest BCUT2D eigenvalue weighted by Gasteiger charge is -2.32. The van der Waals surface area contributed by atoms with Gasteiger partial charge < -0.3 is 5.32 Å². The van der Waals surface area contributed by atoms with Crippen molar-refractivity contribution in [2.24, 2.45) is 0 Å². The Hall–Kier alpha value is -0.660. The molecule has 0 spiro atoms. The Balaban J connectivity index is 0.00000243. The van der Waals surface area contributed by atoms with Crippen LogP contribution < -0.4 is 5.32 Å². The van der Waals surface area contributed by atoms with Gasteiger partial charge in [-0.2, -0.15) is 4.31 Å². The molecule has 0 aliphatic carbocycles. The van der Waals surface area contributed by atoms with Gasteiger partial charge in [-0.15, -0.1) is 12.4 Å². The van der Waals surface area contributed by atoms with Gasteiger partial charge in [-0.3, -0.25) is 4.90 Å². The highest BCUT2D eigenvalue weighted by Gasteiger charge is 2.35. The number of piperazine rings is 1. The molecule has 1 atom stereocenters. The van der Waals surface area contributed by atoms with Crippen molar-refractivity contribution < 1.29 is 8.42 Å². The highest BCUT2D eigenvalue weighted by molar-refractivity contribution is 7.89. The minimum Gasteiger partial charge on any atom is -0.314 e. The Labute approximate surface area is 164 Å². The Bertz CT molecular complexity index is 685. The molecule has 1 aromatic carbocycles. The normalized spacial score (nSPS) is 23.0. The summed E-state index contributed by atoms with van der Waals surface area (Å²) in [7, 11) is -3.39. The van der Waals surface area contributed by atoms with Gasteiger partial charge in [0.25, 0.3) is 0 Å². The molecule has 2 heterocycles. The van der Waals surface area contributed by atoms with Crippen molar-refractivity contribution in [3.05, 3.63) is 29.8 Å². The van der Waals surface area contributed by atoms with E-state index in [0.717, 1.165) is 39.0 Å². The lowest BCUT2D eigenvalue weighted by Crippen LogP contribution is -2.49. The minimum atomic E-state index is -3.39. The van der Waals surface area contributed by atoms with Gasteiger partial charge in [0.2, 0.25) is 10.0 Å². The molecule has 0 saturated carbocycles. The number of sulfonamides is 1. The summed E-state index contributed by atoms with van der Waals surface area (Å²) in [5, 5.41) is 3.35. The van der Waals surface area contributed by atoms with Crippen LogP contribution in [0.1, 0.15) is 39.2 Å². The fourth-order valence-electron chi connectivity index (χ4n) is 3.71. The van der Waals surface area contributed by atoms with E-state index >= 15 is 0 Å². The van der Waals surface area contributed by atoms with Crippen molar-refractivity contribution in [3.63, 3.8) is 0 Å². The smallest absolute Gasteiger partial charge is 0.243 e. The first kappa shape index (κ1) is 21.6. The maximum atomic E-state index is 13.0. The fourth-order valence-corrected chi connectivity index (χ4v) is 5.20. The second-order valence-electron chi connectivity index (χ2n) is 7.85. The van der Waals surface area contributed by atoms with E-state index in [9.17, 15) is 8.42 Å². The summed E-state index contributed by atoms with van der Waals surface area (Å²) >= 11 is 0. The van der Waals surface area contributed by atoms with E-state index in [2.05, 4.69) is 31.0 Å². The third kappa shape index (κ3) is 4.42. The zero-order valence-corrected chi connectivity index (χ0v) is 17.7. The van der Waals surface area contributed by atoms with Gasteiger partial charge in [0.1, 0.15) is 0 Å². The molecular weight excluding hydrogens is 370 g/mol. The molecular formula is C19H32ClN3O2S. The van der Waals surface area contributed by atoms with E-state index in [0.29, 0.717) is 24.0 Å². The summed E-state index contributed by atoms with van der Waals surface area (Å²) in [5.74, 6) is 0. The number of benzene rings is 1. The van der Waals surface area contributed by atoms with Gasteiger partial charge in [-0.25, -0.2) is 8.42 Å². The van der Waals surface area contributed by atoms with Crippen molar-refractivity contribution in [2.75, 3.05) is 39.3 Å². The SMILES string of the molecule is CCC(C)(C)c1ccc(S(=O)(=O)N2CCC(N3CCNCC3)C2)cc1.Cl. The van der Waals surface area contributed by atoms with Crippen LogP contribution in [0.4, 0.5) is 0 Å². The molecule has 26 heavy (non-hydrogen) atoms. The van der Waals surface area contributed by atoms with E-state index < -0.39 is 10.0 Å². The Morgan fingerprint density at radius 3 is 2.31 bits per heavy atom. The third-order valence-electron chi connectivity index (χ3n) is 5.95. The maximum absolute atomic E-state index is 13.0. The second-order valence-corrected chi connectivity index (χ2v) is 9.79. The summed E-state index contributed by atoms with van der Waals surface area (Å²) in [6.45, 7) is 11.8. The fraction of sp³-hybridized carbons (Fsp3) is 0.684. The number of hydrogen-bond acceptors (Lipinski definition) is 4. The summed E-state index contributed by atoms with van der Waals surface area (Å²) in [5.41, 5.74) is 1.26. The molecule has 2 aliphatic rings. The van der Waals surface area contributed by atoms with Crippen LogP contribution in [0.3, 0.4) is 0 Å². The standard InChI is InChI=1S/C19H31N3O2S.ClH/c1-4-19(2,3)16-5-7-18(8-6-16)25(23,24)22-12-9-17(15-22)21-13-10-20-11-14-21;/h5-8,17,20H,4,9-15H2,1-3H3;1H. The van der Waals surface area contributed by atoms with Crippen molar-refractivity contribution >= 4 is 22.4 Å². The number of rotatable bonds is 5. The van der Waals surface area contributed by atoms with Crippen LogP contribution in [0.25, 0.3) is 0 Å². The first-order valence-corrected chi connectivity index (χ1v) is 10.8. The monoisotopic (exact) mass is 401 g/mol. The summed E-state index contributed by atoms with van der Waals surface area (Å²) in [4.78, 5) is 2.85. The number of halogens is 1. The predicted molar refractivity (Wildman–Crippen MR) is 109 cm³/mol. The van der Waals surface area contributed by atoms with Gasteiger partial charge in [0, 0.05) is 45.3 Å². The largest absolute Gasteiger partial charge is 0.314 e. The maximum Gasteiger partial charge on any atom is 0.243 e. The van der Waals surface area contributed by atoms with Crippen LogP contribution in [0.2, 0.25) is 0 Å². The van der Waals surface area contributed by atoms with Crippen LogP contribution in [0.5, 0.6) is 0 Å². The van der Waals surface area contributed by atoms with Crippen LogP contribution >= 0.6 is 12.4 Å². The first-order valence-electron chi connectivity index (χ1n) is 9.40. The van der Waals surface area contributed by atoms with Gasteiger partial charge >= 0.3 is 0 Å². The molecule has 2 aliphatic heterocycles. The number of nitrogens with one attached hydrogen (secondary N) is 1. The van der Waals surface area contributed by atoms with E-state index in [4.69, 9.17) is 0 Å². The number of nitrogens with zero attached hydrogens (tertiary/aromatic N) is 2. The van der Waals surface area contributed by atoms with Crippen molar-refractivity contribution in [2.45, 2.75) is 50.0 Å². The molecule has 5 nitrogen and oxygen atoms in total. The Morgan fingerprint density at radius 1 is 1.12 bits per heavy atom. The van der Waals surface area contributed by atoms with Crippen molar-refractivity contribution in [1.29, 1.82) is 0 Å². The molecule has 1 N–H and O–H groups in total. The van der Waals surface area contributed by atoms with Crippen molar-refractivity contribution in [1.82, 2.24) is 14.5 Å². The lowest BCUT2D eigenvalue weighted by molar-refractivity contribution is 0.179. The van der Waals surface area contributed by atoms with E-state index in [1.807, 2.05) is 12.1 Å². The van der Waals surface area contributed by atoms with Crippen molar-refractivity contribution in [3.8, 4) is 0 Å². The molecule has 0 aromatic heterocycles. The van der Waals surface area contributed by atoms with Gasteiger partial charge in [-0.1, -0.05) is 32.9 Å². The molecule has 7 heteroatoms.